The number of methoxy groups -OCH3 is 3. The molecule has 2 fully saturated rings. The van der Waals surface area contributed by atoms with Gasteiger partial charge in [0.25, 0.3) is 5.91 Å². The van der Waals surface area contributed by atoms with Crippen LogP contribution in [0.25, 0.3) is 77.9 Å². The maximum atomic E-state index is 14.6. The van der Waals surface area contributed by atoms with E-state index in [4.69, 9.17) is 93.1 Å². The van der Waals surface area contributed by atoms with Crippen molar-refractivity contribution in [2.24, 2.45) is 0 Å². The first kappa shape index (κ1) is 122. The molecule has 0 spiro atoms. The molecule has 10 aromatic carbocycles. The number of aromatic nitrogens is 4. The highest BCUT2D eigenvalue weighted by molar-refractivity contribution is 9.11. The summed E-state index contributed by atoms with van der Waals surface area (Å²) in [5.41, 5.74) is 15.2. The first-order valence-corrected chi connectivity index (χ1v) is 51.2. The van der Waals surface area contributed by atoms with Gasteiger partial charge in [0.15, 0.2) is 0 Å². The van der Waals surface area contributed by atoms with Crippen LogP contribution in [0.15, 0.2) is 269 Å². The van der Waals surface area contributed by atoms with Crippen LogP contribution in [0.2, 0.25) is 25.1 Å². The summed E-state index contributed by atoms with van der Waals surface area (Å²) < 4.78 is 84.9. The molecule has 21 nitrogen and oxygen atoms in total. The van der Waals surface area contributed by atoms with Gasteiger partial charge in [-0.1, -0.05) is 219 Å². The molecule has 2 aliphatic heterocycles. The van der Waals surface area contributed by atoms with Crippen LogP contribution in [0.3, 0.4) is 0 Å². The van der Waals surface area contributed by atoms with Crippen molar-refractivity contribution in [3.63, 3.8) is 0 Å². The van der Waals surface area contributed by atoms with Crippen LogP contribution < -0.4 is 16.2 Å². The number of esters is 3. The average molecular weight is 2340 g/mol. The molecule has 0 radical (unpaired) electrons. The molecule has 2 aliphatic rings. The second-order valence-electron chi connectivity index (χ2n) is 38.7. The number of ether oxygens (including phenoxy) is 3. The van der Waals surface area contributed by atoms with E-state index in [0.29, 0.717) is 118 Å². The number of aliphatic hydroxyl groups excluding tert-OH is 2. The fourth-order valence-electron chi connectivity index (χ4n) is 14.8. The van der Waals surface area contributed by atoms with Gasteiger partial charge >= 0.3 is 38.1 Å². The molecule has 0 atom stereocenters. The summed E-state index contributed by atoms with van der Waals surface area (Å²) >= 11 is 40.5. The molecule has 16 rings (SSSR count). The Morgan fingerprint density at radius 1 is 0.340 bits per heavy atom. The summed E-state index contributed by atoms with van der Waals surface area (Å²) in [7, 11) is 0.806. The van der Waals surface area contributed by atoms with Gasteiger partial charge in [0.1, 0.15) is 29.1 Å². The van der Waals surface area contributed by atoms with E-state index in [-0.39, 0.29) is 89.7 Å². The fourth-order valence-corrected chi connectivity index (χ4v) is 18.0. The number of nitrogens with one attached hydrogen (secondary N) is 1. The Morgan fingerprint density at radius 3 is 0.933 bits per heavy atom. The number of amides is 1. The fraction of sp³-hybridized carbons (Fsp3) is 0.254. The number of carboxylic acid groups (broad SMARTS) is 1. The molecule has 150 heavy (non-hydrogen) atoms. The van der Waals surface area contributed by atoms with E-state index in [1.54, 1.807) is 102 Å². The zero-order chi connectivity index (χ0) is 111. The van der Waals surface area contributed by atoms with Gasteiger partial charge in [-0.2, -0.15) is 0 Å². The highest BCUT2D eigenvalue weighted by atomic mass is 79.9. The van der Waals surface area contributed by atoms with Crippen molar-refractivity contribution in [1.82, 2.24) is 30.2 Å². The molecule has 14 aromatic rings. The van der Waals surface area contributed by atoms with Crippen molar-refractivity contribution >= 4 is 161 Å². The second kappa shape index (κ2) is 55.7. The summed E-state index contributed by atoms with van der Waals surface area (Å²) in [5, 5.41) is 67.8. The van der Waals surface area contributed by atoms with E-state index < -0.39 is 43.9 Å². The molecular formula is C114H113B2Br3Cl5F5N6O15. The van der Waals surface area contributed by atoms with E-state index in [1.807, 2.05) is 75.4 Å². The lowest BCUT2D eigenvalue weighted by Crippen LogP contribution is -2.40. The van der Waals surface area contributed by atoms with Crippen LogP contribution in [0, 0.1) is 29.1 Å². The van der Waals surface area contributed by atoms with Gasteiger partial charge in [-0.25, -0.2) is 41.1 Å². The predicted molar refractivity (Wildman–Crippen MR) is 597 cm³/mol. The summed E-state index contributed by atoms with van der Waals surface area (Å²) in [6.45, 7) is 27.8. The lowest BCUT2D eigenvalue weighted by atomic mass is 9.78. The van der Waals surface area contributed by atoms with Crippen LogP contribution in [0.4, 0.5) is 22.0 Å². The Morgan fingerprint density at radius 2 is 0.627 bits per heavy atom. The molecule has 1 amide bonds. The monoisotopic (exact) mass is 2330 g/mol. The van der Waals surface area contributed by atoms with E-state index >= 15 is 0 Å². The zero-order valence-electron chi connectivity index (χ0n) is 84.8. The Bertz CT molecular complexity index is 7040. The first-order valence-electron chi connectivity index (χ1n) is 46.9. The minimum Gasteiger partial charge on any atom is -0.478 e. The normalized spacial score (nSPS) is 12.5. The third-order valence-electron chi connectivity index (χ3n) is 23.0. The Balaban J connectivity index is 0.000000198. The number of carbonyl (C=O) groups excluding carboxylic acids is 4. The minimum absolute atomic E-state index is 0.0266. The number of carboxylic acids is 1. The highest BCUT2D eigenvalue weighted by Gasteiger charge is 2.28. The van der Waals surface area contributed by atoms with Crippen LogP contribution >= 0.6 is 106 Å². The molecule has 0 bridgehead atoms. The van der Waals surface area contributed by atoms with Crippen LogP contribution in [0.5, 0.6) is 0 Å². The number of piperidine rings is 2. The van der Waals surface area contributed by atoms with Crippen molar-refractivity contribution in [2.75, 3.05) is 47.5 Å². The lowest BCUT2D eigenvalue weighted by Gasteiger charge is -2.29. The number of rotatable bonds is 14. The molecular weight excluding hydrogens is 2230 g/mol. The van der Waals surface area contributed by atoms with Gasteiger partial charge in [-0.15, -0.1) is 0 Å². The highest BCUT2D eigenvalue weighted by Crippen LogP contribution is 2.41. The van der Waals surface area contributed by atoms with E-state index in [0.717, 1.165) is 85.5 Å². The minimum atomic E-state index is -1.64. The summed E-state index contributed by atoms with van der Waals surface area (Å²) in [4.78, 5) is 77.2. The van der Waals surface area contributed by atoms with Crippen LogP contribution in [-0.4, -0.2) is 164 Å². The van der Waals surface area contributed by atoms with Gasteiger partial charge < -0.3 is 59.8 Å². The quantitative estimate of drug-likeness (QED) is 0.0217. The molecule has 36 heteroatoms. The molecule has 6 heterocycles. The number of aromatic carboxylic acids is 1. The van der Waals surface area contributed by atoms with Gasteiger partial charge in [0, 0.05) is 154 Å². The van der Waals surface area contributed by atoms with Gasteiger partial charge in [-0.05, 0) is 300 Å². The Kier molecular flexibility index (Phi) is 45.3. The number of hydrogen-bond donors (Lipinski definition) is 8. The van der Waals surface area contributed by atoms with Crippen molar-refractivity contribution in [3.05, 3.63) is 374 Å². The largest absolute Gasteiger partial charge is 0.489 e. The second-order valence-corrected chi connectivity index (χ2v) is 43.5. The standard InChI is InChI=1S/C27H28ClFN2O2.C23H21ClFNO2.C22H19ClFNO2.C14H9BrClFO2.C9H14BNO2.C8H8BClO4.C6H3Br2F.C5H11NO/c1-27(2,3)25-16-17(6-9-30-25)19-12-20(14-21(29)13-19)23-5-4-18(15-24(23)28)26(33)31-10-7-22(32)8-11-31;1-23(2,3)21-13-14(7-8-26-21)16-9-17(11-18(25)10-16)19-6-5-15(12-20(19)24)22(27)28-4;1-22(2,3)20-12-13(6-7-25-20)15-8-16(10-17(24)9-15)18-5-4-14(21(26)27)11-19(18)23;1-19-14(18)8-2-3-12(13(16)6-8)9-4-10(15)7-11(17)5-9;1-9(2,3)8-6-7(10(12)13)4-5-11-8;1-14-8(11)5-2-3-6(9(12)13)7(10)4-5;7-4-1-5(8)3-6(9)2-4;7-5-1-3-6-4-2-5/h4-6,9,12-16,22,32H,7-8,10-11H2,1-3H3;5-13H,1-4H3;4-12H,1-3H3,(H,26,27);2-7H,1H3;4-6,12-13H,1-3H3;2-4,12-13H,1H3;1-3H;5-7H,1-4H2. The summed E-state index contributed by atoms with van der Waals surface area (Å²) in [5.74, 6) is -4.35. The molecule has 2 saturated heterocycles. The van der Waals surface area contributed by atoms with E-state index in [1.165, 1.54) is 124 Å². The number of carbonyl (C=O) groups is 5. The summed E-state index contributed by atoms with van der Waals surface area (Å²) in [6.07, 6.45) is 9.44. The third-order valence-corrected chi connectivity index (χ3v) is 26.0. The number of likely N-dealkylation sites (tertiary alicyclic amines) is 1. The SMILES string of the molecule is CC(C)(C)c1cc(-c2cc(F)cc(-c3ccc(C(=O)N4CCC(O)CC4)cc3Cl)c2)ccn1.CC(C)(C)c1cc(-c2cc(F)cc(-c3ccc(C(=O)O)cc3Cl)c2)ccn1.CC(C)(C)c1cc(B(O)O)ccn1.COC(=O)c1ccc(-c2cc(F)cc(-c3ccnc(C(C)(C)C)c3)c2)c(Cl)c1.COC(=O)c1ccc(-c2cc(F)cc(Br)c2)c(Cl)c1.COC(=O)c1ccc(B(O)O)c(Cl)c1.Fc1cc(Br)cc(Br)c1.OC1CCNCC1. The van der Waals surface area contributed by atoms with Crippen molar-refractivity contribution in [2.45, 2.75) is 143 Å². The van der Waals surface area contributed by atoms with Gasteiger partial charge in [0.2, 0.25) is 0 Å². The number of benzene rings is 10. The smallest absolute Gasteiger partial charge is 0.478 e. The Labute approximate surface area is 920 Å². The number of aliphatic hydroxyl groups is 2. The van der Waals surface area contributed by atoms with Crippen LogP contribution in [0.1, 0.15) is 183 Å². The molecule has 0 aliphatic carbocycles. The maximum absolute atomic E-state index is 14.6. The zero-order valence-corrected chi connectivity index (χ0v) is 93.3. The van der Waals surface area contributed by atoms with Crippen molar-refractivity contribution in [1.29, 1.82) is 0 Å². The van der Waals surface area contributed by atoms with E-state index in [9.17, 15) is 51.0 Å². The third kappa shape index (κ3) is 36.7. The topological polar surface area (TPSA) is 321 Å². The lowest BCUT2D eigenvalue weighted by molar-refractivity contribution is 0.0542. The Hall–Kier alpha value is -11.5. The van der Waals surface area contributed by atoms with Crippen molar-refractivity contribution in [3.8, 4) is 77.9 Å². The van der Waals surface area contributed by atoms with Crippen LogP contribution in [-0.2, 0) is 35.9 Å². The number of hydrogen-bond acceptors (Lipinski definition) is 19. The number of pyridine rings is 4. The predicted octanol–water partition coefficient (Wildman–Crippen LogP) is 26.2. The van der Waals surface area contributed by atoms with Gasteiger partial charge in [0.05, 0.1) is 55.8 Å². The molecule has 0 unspecified atom stereocenters. The molecule has 786 valence electrons. The van der Waals surface area contributed by atoms with Gasteiger partial charge in [-0.3, -0.25) is 24.7 Å². The first-order chi connectivity index (χ1) is 70.5. The number of halogens is 13. The molecule has 8 N–H and O–H groups in total. The van der Waals surface area contributed by atoms with E-state index in [2.05, 4.69) is 145 Å². The number of nitrogens with zero attached hydrogens (tertiary/aromatic N) is 5. The molecule has 4 aromatic heterocycles. The average Bonchev–Trinajstić information content (AvgIpc) is 0.787. The maximum Gasteiger partial charge on any atom is 0.489 e. The molecule has 0 saturated carbocycles. The summed E-state index contributed by atoms with van der Waals surface area (Å²) in [6, 6.07) is 61.4. The van der Waals surface area contributed by atoms with Crippen molar-refractivity contribution < 1.29 is 95.6 Å².